The predicted molar refractivity (Wildman–Crippen MR) is 98.2 cm³/mol. The summed E-state index contributed by atoms with van der Waals surface area (Å²) in [4.78, 5) is 14.4. The second kappa shape index (κ2) is 6.36. The first-order chi connectivity index (χ1) is 11.4. The molecule has 1 aliphatic rings. The number of thioether (sulfide) groups is 1. The molecule has 124 valence electrons. The highest BCUT2D eigenvalue weighted by Gasteiger charge is 2.30. The van der Waals surface area contributed by atoms with Gasteiger partial charge in [-0.3, -0.25) is 4.79 Å². The molecule has 0 aliphatic carbocycles. The number of carbonyl (C=O) groups excluding carboxylic acids is 1. The Bertz CT molecular complexity index is 821. The van der Waals surface area contributed by atoms with Crippen LogP contribution in [-0.4, -0.2) is 24.7 Å². The lowest BCUT2D eigenvalue weighted by Gasteiger charge is -2.28. The largest absolute Gasteiger partial charge is 0.497 e. The van der Waals surface area contributed by atoms with E-state index in [1.54, 1.807) is 44.2 Å². The normalized spacial score (nSPS) is 15.2. The van der Waals surface area contributed by atoms with Gasteiger partial charge in [-0.25, -0.2) is 0 Å². The summed E-state index contributed by atoms with van der Waals surface area (Å²) in [6.45, 7) is 4.23. The van der Waals surface area contributed by atoms with E-state index < -0.39 is 0 Å². The molecule has 0 radical (unpaired) electrons. The lowest BCUT2D eigenvalue weighted by Crippen LogP contribution is -2.19. The zero-order valence-electron chi connectivity index (χ0n) is 14.3. The molecule has 4 heteroatoms. The maximum Gasteiger partial charge on any atom is 0.197 e. The number of hydrogen-bond acceptors (Lipinski definition) is 4. The number of hydrogen-bond donors (Lipinski definition) is 0. The van der Waals surface area contributed by atoms with E-state index in [1.807, 2.05) is 24.3 Å². The van der Waals surface area contributed by atoms with Crippen molar-refractivity contribution in [1.82, 2.24) is 0 Å². The van der Waals surface area contributed by atoms with Crippen LogP contribution in [0.25, 0.3) is 5.57 Å². The Hall–Kier alpha value is -2.20. The Morgan fingerprint density at radius 1 is 1.04 bits per heavy atom. The van der Waals surface area contributed by atoms with Gasteiger partial charge in [-0.05, 0) is 37.6 Å². The van der Waals surface area contributed by atoms with E-state index in [1.165, 1.54) is 0 Å². The summed E-state index contributed by atoms with van der Waals surface area (Å²) >= 11 is 1.77. The van der Waals surface area contributed by atoms with Crippen LogP contribution in [0.15, 0.2) is 53.4 Å². The third kappa shape index (κ3) is 3.06. The topological polar surface area (TPSA) is 35.5 Å². The number of ether oxygens (including phenoxy) is 2. The number of Topliss-reactive ketones (excluding diaryl/α,β-unsaturated/α-hetero) is 1. The summed E-state index contributed by atoms with van der Waals surface area (Å²) < 4.78 is 10.5. The molecular weight excluding hydrogens is 320 g/mol. The molecule has 0 bridgehead atoms. The van der Waals surface area contributed by atoms with Crippen LogP contribution in [-0.2, 0) is 0 Å². The van der Waals surface area contributed by atoms with Crippen molar-refractivity contribution in [3.8, 4) is 11.5 Å². The quantitative estimate of drug-likeness (QED) is 0.745. The van der Waals surface area contributed by atoms with Gasteiger partial charge >= 0.3 is 0 Å². The van der Waals surface area contributed by atoms with E-state index in [-0.39, 0.29) is 10.5 Å². The highest BCUT2D eigenvalue weighted by Crippen LogP contribution is 2.45. The second-order valence-corrected chi connectivity index (χ2v) is 7.85. The highest BCUT2D eigenvalue weighted by molar-refractivity contribution is 8.01. The molecule has 0 saturated heterocycles. The van der Waals surface area contributed by atoms with E-state index in [9.17, 15) is 4.79 Å². The molecule has 0 N–H and O–H groups in total. The van der Waals surface area contributed by atoms with Gasteiger partial charge < -0.3 is 9.47 Å². The molecule has 0 aromatic heterocycles. The Balaban J connectivity index is 2.11. The van der Waals surface area contributed by atoms with Crippen LogP contribution in [0.2, 0.25) is 0 Å². The fraction of sp³-hybridized carbons (Fsp3) is 0.250. The zero-order valence-corrected chi connectivity index (χ0v) is 15.1. The monoisotopic (exact) mass is 340 g/mol. The minimum Gasteiger partial charge on any atom is -0.497 e. The number of carbonyl (C=O) groups is 1. The maximum atomic E-state index is 13.2. The summed E-state index contributed by atoms with van der Waals surface area (Å²) in [7, 11) is 3.16. The Morgan fingerprint density at radius 2 is 1.79 bits per heavy atom. The first-order valence-corrected chi connectivity index (χ1v) is 8.55. The van der Waals surface area contributed by atoms with Crippen molar-refractivity contribution in [2.45, 2.75) is 23.5 Å². The van der Waals surface area contributed by atoms with Crippen LogP contribution in [0, 0.1) is 0 Å². The average molecular weight is 340 g/mol. The molecule has 1 heterocycles. The first kappa shape index (κ1) is 16.7. The van der Waals surface area contributed by atoms with Gasteiger partial charge in [-0.1, -0.05) is 24.3 Å². The van der Waals surface area contributed by atoms with Gasteiger partial charge in [0.05, 0.1) is 19.8 Å². The summed E-state index contributed by atoms with van der Waals surface area (Å²) in [6, 6.07) is 13.3. The minimum absolute atomic E-state index is 0.0321. The fourth-order valence-electron chi connectivity index (χ4n) is 2.84. The van der Waals surface area contributed by atoms with Crippen molar-refractivity contribution in [3.63, 3.8) is 0 Å². The van der Waals surface area contributed by atoms with Crippen LogP contribution in [0.5, 0.6) is 11.5 Å². The van der Waals surface area contributed by atoms with Gasteiger partial charge in [-0.15, -0.1) is 11.8 Å². The van der Waals surface area contributed by atoms with E-state index in [4.69, 9.17) is 9.47 Å². The molecule has 0 atom stereocenters. The minimum atomic E-state index is -0.140. The molecule has 0 amide bonds. The molecule has 1 aliphatic heterocycles. The van der Waals surface area contributed by atoms with Crippen molar-refractivity contribution in [3.05, 3.63) is 59.7 Å². The number of methoxy groups -OCH3 is 2. The summed E-state index contributed by atoms with van der Waals surface area (Å²) in [5, 5.41) is 0. The number of benzene rings is 2. The van der Waals surface area contributed by atoms with Gasteiger partial charge in [0, 0.05) is 21.3 Å². The van der Waals surface area contributed by atoms with Crippen molar-refractivity contribution in [2.75, 3.05) is 14.2 Å². The second-order valence-electron chi connectivity index (χ2n) is 6.16. The molecule has 0 saturated carbocycles. The summed E-state index contributed by atoms with van der Waals surface area (Å²) in [5.41, 5.74) is 2.24. The average Bonchev–Trinajstić information content (AvgIpc) is 2.59. The van der Waals surface area contributed by atoms with Gasteiger partial charge in [0.15, 0.2) is 5.78 Å². The third-order valence-electron chi connectivity index (χ3n) is 3.94. The van der Waals surface area contributed by atoms with Gasteiger partial charge in [0.2, 0.25) is 0 Å². The maximum absolute atomic E-state index is 13.2. The molecule has 0 fully saturated rings. The van der Waals surface area contributed by atoms with Gasteiger partial charge in [0.1, 0.15) is 11.5 Å². The fourth-order valence-corrected chi connectivity index (χ4v) is 4.01. The molecule has 3 nitrogen and oxygen atoms in total. The third-order valence-corrected chi connectivity index (χ3v) is 5.16. The van der Waals surface area contributed by atoms with E-state index >= 15 is 0 Å². The Labute approximate surface area is 146 Å². The Morgan fingerprint density at radius 3 is 2.50 bits per heavy atom. The van der Waals surface area contributed by atoms with Crippen LogP contribution < -0.4 is 9.47 Å². The summed E-state index contributed by atoms with van der Waals surface area (Å²) in [5.74, 6) is 1.15. The Kier molecular flexibility index (Phi) is 4.41. The lowest BCUT2D eigenvalue weighted by atomic mass is 9.92. The molecule has 0 spiro atoms. The van der Waals surface area contributed by atoms with Gasteiger partial charge in [0.25, 0.3) is 0 Å². The van der Waals surface area contributed by atoms with Crippen molar-refractivity contribution >= 4 is 23.1 Å². The number of rotatable bonds is 4. The van der Waals surface area contributed by atoms with Crippen molar-refractivity contribution < 1.29 is 14.3 Å². The standard InChI is InChI=1S/C20H20O3S/c1-20(2)12-16(14-7-5-6-8-18(14)24-20)19(21)15-10-9-13(22-3)11-17(15)23-4/h5-12H,1-4H3. The number of fused-ring (bicyclic) bond motifs is 1. The zero-order chi connectivity index (χ0) is 17.3. The molecular formula is C20H20O3S. The van der Waals surface area contributed by atoms with Gasteiger partial charge in [-0.2, -0.15) is 0 Å². The van der Waals surface area contributed by atoms with E-state index in [0.717, 1.165) is 16.0 Å². The summed E-state index contributed by atoms with van der Waals surface area (Å²) in [6.07, 6.45) is 2.05. The number of ketones is 1. The molecule has 0 unspecified atom stereocenters. The van der Waals surface area contributed by atoms with Crippen LogP contribution in [0.4, 0.5) is 0 Å². The van der Waals surface area contributed by atoms with Crippen LogP contribution in [0.1, 0.15) is 29.8 Å². The van der Waals surface area contributed by atoms with Crippen molar-refractivity contribution in [1.29, 1.82) is 0 Å². The molecule has 3 rings (SSSR count). The van der Waals surface area contributed by atoms with Crippen LogP contribution >= 0.6 is 11.8 Å². The predicted octanol–water partition coefficient (Wildman–Crippen LogP) is 4.85. The lowest BCUT2D eigenvalue weighted by molar-refractivity contribution is 0.105. The van der Waals surface area contributed by atoms with E-state index in [2.05, 4.69) is 19.9 Å². The SMILES string of the molecule is COc1ccc(C(=O)C2=CC(C)(C)Sc3ccccc32)c(OC)c1. The molecule has 24 heavy (non-hydrogen) atoms. The molecule has 2 aromatic rings. The molecule has 2 aromatic carbocycles. The number of allylic oxidation sites excluding steroid dienone is 1. The van der Waals surface area contributed by atoms with Crippen molar-refractivity contribution in [2.24, 2.45) is 0 Å². The van der Waals surface area contributed by atoms with E-state index in [0.29, 0.717) is 17.1 Å². The van der Waals surface area contributed by atoms with Crippen LogP contribution in [0.3, 0.4) is 0 Å². The smallest absolute Gasteiger partial charge is 0.197 e. The highest BCUT2D eigenvalue weighted by atomic mass is 32.2. The first-order valence-electron chi connectivity index (χ1n) is 7.73.